The molecular formula is C12H13N. The lowest BCUT2D eigenvalue weighted by atomic mass is 10.0. The van der Waals surface area contributed by atoms with E-state index in [0.29, 0.717) is 5.56 Å². The molecule has 1 nitrogen and oxygen atoms in total. The molecule has 0 fully saturated rings. The molecule has 0 saturated heterocycles. The summed E-state index contributed by atoms with van der Waals surface area (Å²) in [6.45, 7) is 0.198. The maximum atomic E-state index is 7.96. The smallest absolute Gasteiger partial charge is 0.0629 e. The van der Waals surface area contributed by atoms with Gasteiger partial charge in [0.05, 0.1) is 9.60 Å². The minimum atomic E-state index is -0.427. The summed E-state index contributed by atoms with van der Waals surface area (Å²) >= 11 is 0. The van der Waals surface area contributed by atoms with E-state index >= 15 is 0 Å². The van der Waals surface area contributed by atoms with E-state index in [9.17, 15) is 0 Å². The molecule has 1 N–H and O–H groups in total. The van der Waals surface area contributed by atoms with Gasteiger partial charge >= 0.3 is 0 Å². The molecule has 0 saturated carbocycles. The van der Waals surface area contributed by atoms with Crippen molar-refractivity contribution in [2.24, 2.45) is 0 Å². The molecule has 2 rings (SSSR count). The Morgan fingerprint density at radius 2 is 1.92 bits per heavy atom. The van der Waals surface area contributed by atoms with Gasteiger partial charge in [-0.3, -0.25) is 0 Å². The second-order valence-electron chi connectivity index (χ2n) is 2.63. The first-order valence-electron chi connectivity index (χ1n) is 7.46. The zero-order valence-electron chi connectivity index (χ0n) is 14.2. The van der Waals surface area contributed by atoms with Gasteiger partial charge in [0.25, 0.3) is 0 Å². The van der Waals surface area contributed by atoms with Crippen LogP contribution in [0.4, 0.5) is 0 Å². The first-order valence-corrected chi connectivity index (χ1v) is 3.96. The topological polar surface area (TPSA) is 12.0 Å². The number of nitrogens with one attached hydrogen (secondary N) is 1. The van der Waals surface area contributed by atoms with Gasteiger partial charge in [-0.1, -0.05) is 42.3 Å². The van der Waals surface area contributed by atoms with Crippen LogP contribution in [0.3, 0.4) is 0 Å². The minimum absolute atomic E-state index is 0.00208. The Kier molecular flexibility index (Phi) is 0.945. The maximum absolute atomic E-state index is 7.96. The molecule has 0 aliphatic carbocycles. The minimum Gasteiger partial charge on any atom is -0.316 e. The Morgan fingerprint density at radius 3 is 2.77 bits per heavy atom. The largest absolute Gasteiger partial charge is 0.316 e. The van der Waals surface area contributed by atoms with Crippen LogP contribution in [0, 0.1) is 0 Å². The van der Waals surface area contributed by atoms with Gasteiger partial charge in [0.15, 0.2) is 0 Å². The van der Waals surface area contributed by atoms with Crippen molar-refractivity contribution < 1.29 is 9.60 Å². The van der Waals surface area contributed by atoms with E-state index in [1.807, 2.05) is 0 Å². The van der Waals surface area contributed by atoms with E-state index in [-0.39, 0.29) is 47.5 Å². The van der Waals surface area contributed by atoms with Gasteiger partial charge in [0.2, 0.25) is 0 Å². The SMILES string of the molecule is [2H]c1c([2H])c([2H])c2c(CNC)c([2H])c([2H])c([2H])c2c1[2H]. The summed E-state index contributed by atoms with van der Waals surface area (Å²) in [5.41, 5.74) is 0.315. The molecule has 0 amide bonds. The third kappa shape index (κ3) is 1.56. The summed E-state index contributed by atoms with van der Waals surface area (Å²) in [6.07, 6.45) is 0. The van der Waals surface area contributed by atoms with Crippen LogP contribution in [0.5, 0.6) is 0 Å². The molecule has 0 aliphatic rings. The highest BCUT2D eigenvalue weighted by molar-refractivity contribution is 5.85. The van der Waals surface area contributed by atoms with Gasteiger partial charge in [-0.05, 0) is 23.4 Å². The van der Waals surface area contributed by atoms with Crippen LogP contribution in [0.1, 0.15) is 15.2 Å². The van der Waals surface area contributed by atoms with E-state index in [2.05, 4.69) is 5.32 Å². The lowest BCUT2D eigenvalue weighted by molar-refractivity contribution is 0.824. The summed E-state index contributed by atoms with van der Waals surface area (Å²) in [5.74, 6) is 0. The first kappa shape index (κ1) is 3.43. The molecule has 0 bridgehead atoms. The standard InChI is InChI=1S/C12H13N/c1-13-9-11-7-4-6-10-5-2-3-8-12(10)11/h2-8,13H,9H2,1H3/i2D,3D,4D,5D,6D,7D,8D. The monoisotopic (exact) mass is 178 g/mol. The highest BCUT2D eigenvalue weighted by atomic mass is 14.8. The van der Waals surface area contributed by atoms with E-state index in [1.54, 1.807) is 7.05 Å². The zero-order valence-corrected chi connectivity index (χ0v) is 7.21. The average molecular weight is 178 g/mol. The molecule has 0 radical (unpaired) electrons. The molecule has 13 heavy (non-hydrogen) atoms. The zero-order chi connectivity index (χ0) is 15.2. The number of hydrogen-bond acceptors (Lipinski definition) is 1. The van der Waals surface area contributed by atoms with Crippen molar-refractivity contribution in [3.05, 3.63) is 47.9 Å². The lowest BCUT2D eigenvalue weighted by Crippen LogP contribution is -2.05. The molecule has 0 heterocycles. The third-order valence-corrected chi connectivity index (χ3v) is 1.74. The van der Waals surface area contributed by atoms with Crippen molar-refractivity contribution in [2.75, 3.05) is 7.05 Å². The van der Waals surface area contributed by atoms with Crippen LogP contribution in [0.25, 0.3) is 10.8 Å². The van der Waals surface area contributed by atoms with Crippen LogP contribution in [-0.2, 0) is 6.54 Å². The number of fused-ring (bicyclic) bond motifs is 1. The average Bonchev–Trinajstić information content (AvgIpc) is 2.43. The quantitative estimate of drug-likeness (QED) is 0.745. The van der Waals surface area contributed by atoms with E-state index < -0.39 is 12.1 Å². The van der Waals surface area contributed by atoms with Gasteiger partial charge in [-0.25, -0.2) is 0 Å². The predicted molar refractivity (Wildman–Crippen MR) is 56.7 cm³/mol. The summed E-state index contributed by atoms with van der Waals surface area (Å²) in [4.78, 5) is 0. The normalized spacial score (nSPS) is 18.1. The van der Waals surface area contributed by atoms with Crippen LogP contribution in [0.15, 0.2) is 42.3 Å². The molecule has 1 heteroatoms. The summed E-state index contributed by atoms with van der Waals surface area (Å²) in [7, 11) is 1.65. The molecule has 0 unspecified atom stereocenters. The fourth-order valence-corrected chi connectivity index (χ4v) is 1.17. The predicted octanol–water partition coefficient (Wildman–Crippen LogP) is 2.56. The van der Waals surface area contributed by atoms with Gasteiger partial charge in [0.1, 0.15) is 0 Å². The molecule has 66 valence electrons. The maximum Gasteiger partial charge on any atom is 0.0629 e. The number of hydrogen-bond donors (Lipinski definition) is 1. The Morgan fingerprint density at radius 1 is 1.15 bits per heavy atom. The number of rotatable bonds is 2. The van der Waals surface area contributed by atoms with Gasteiger partial charge < -0.3 is 5.32 Å². The van der Waals surface area contributed by atoms with Crippen molar-refractivity contribution in [1.82, 2.24) is 5.32 Å². The number of benzene rings is 2. The van der Waals surface area contributed by atoms with Gasteiger partial charge in [-0.2, -0.15) is 0 Å². The summed E-state index contributed by atoms with van der Waals surface area (Å²) < 4.78 is 54.8. The van der Waals surface area contributed by atoms with E-state index in [1.165, 1.54) is 0 Å². The van der Waals surface area contributed by atoms with Crippen LogP contribution in [0.2, 0.25) is 0 Å². The Labute approximate surface area is 88.2 Å². The Bertz CT molecular complexity index is 703. The van der Waals surface area contributed by atoms with E-state index in [4.69, 9.17) is 9.60 Å². The molecule has 0 aliphatic heterocycles. The van der Waals surface area contributed by atoms with Crippen molar-refractivity contribution in [3.8, 4) is 0 Å². The fraction of sp³-hybridized carbons (Fsp3) is 0.167. The van der Waals surface area contributed by atoms with Crippen molar-refractivity contribution >= 4 is 10.8 Å². The van der Waals surface area contributed by atoms with Gasteiger partial charge in [-0.15, -0.1) is 0 Å². The van der Waals surface area contributed by atoms with Crippen LogP contribution >= 0.6 is 0 Å². The molecule has 0 spiro atoms. The lowest BCUT2D eigenvalue weighted by Gasteiger charge is -2.04. The second kappa shape index (κ2) is 3.58. The van der Waals surface area contributed by atoms with Crippen molar-refractivity contribution in [2.45, 2.75) is 6.54 Å². The fourth-order valence-electron chi connectivity index (χ4n) is 1.17. The highest BCUT2D eigenvalue weighted by Crippen LogP contribution is 2.17. The van der Waals surface area contributed by atoms with Crippen LogP contribution in [-0.4, -0.2) is 7.05 Å². The summed E-state index contributed by atoms with van der Waals surface area (Å²) in [5, 5.41) is 2.98. The van der Waals surface area contributed by atoms with Crippen molar-refractivity contribution in [1.29, 1.82) is 0 Å². The van der Waals surface area contributed by atoms with Crippen molar-refractivity contribution in [3.63, 3.8) is 0 Å². The molecule has 0 atom stereocenters. The summed E-state index contributed by atoms with van der Waals surface area (Å²) in [6, 6.07) is -2.27. The highest BCUT2D eigenvalue weighted by Gasteiger charge is 1.97. The van der Waals surface area contributed by atoms with Gasteiger partial charge in [0, 0.05) is 6.54 Å². The van der Waals surface area contributed by atoms with Crippen LogP contribution < -0.4 is 5.32 Å². The molecule has 2 aromatic rings. The molecule has 0 aromatic heterocycles. The first-order chi connectivity index (χ1) is 9.32. The molecule has 2 aromatic carbocycles. The Balaban J connectivity index is 3.13. The second-order valence-corrected chi connectivity index (χ2v) is 2.63. The van der Waals surface area contributed by atoms with E-state index in [0.717, 1.165) is 0 Å². The molecular weight excluding hydrogens is 158 g/mol. The Hall–Kier alpha value is -1.34. The third-order valence-electron chi connectivity index (χ3n) is 1.74.